The van der Waals surface area contributed by atoms with Gasteiger partial charge in [0.2, 0.25) is 5.43 Å². The summed E-state index contributed by atoms with van der Waals surface area (Å²) >= 11 is 0. The molecule has 9 heteroatoms. The molecule has 2 aromatic carbocycles. The Kier molecular flexibility index (Phi) is 4.85. The highest BCUT2D eigenvalue weighted by atomic mass is 19.1. The number of benzene rings is 2. The van der Waals surface area contributed by atoms with E-state index >= 15 is 0 Å². The van der Waals surface area contributed by atoms with E-state index < -0.39 is 17.2 Å². The average Bonchev–Trinajstić information content (AvgIpc) is 3.51. The highest BCUT2D eigenvalue weighted by molar-refractivity contribution is 6.03. The van der Waals surface area contributed by atoms with Crippen LogP contribution in [0.5, 0.6) is 0 Å². The van der Waals surface area contributed by atoms with Crippen molar-refractivity contribution in [1.29, 1.82) is 0 Å². The lowest BCUT2D eigenvalue weighted by molar-refractivity contribution is 0.101. The summed E-state index contributed by atoms with van der Waals surface area (Å²) in [6.07, 6.45) is 2.22. The van der Waals surface area contributed by atoms with Gasteiger partial charge in [0.15, 0.2) is 11.5 Å². The predicted octanol–water partition coefficient (Wildman–Crippen LogP) is 3.59. The molecular weight excluding hydrogens is 411 g/mol. The van der Waals surface area contributed by atoms with Gasteiger partial charge in [-0.3, -0.25) is 14.7 Å². The lowest BCUT2D eigenvalue weighted by atomic mass is 10.2. The molecule has 2 aromatic heterocycles. The Morgan fingerprint density at radius 1 is 1.16 bits per heavy atom. The van der Waals surface area contributed by atoms with Gasteiger partial charge in [-0.25, -0.2) is 14.1 Å². The molecule has 2 N–H and O–H groups in total. The van der Waals surface area contributed by atoms with Crippen LogP contribution < -0.4 is 10.7 Å². The summed E-state index contributed by atoms with van der Waals surface area (Å²) in [7, 11) is 0. The van der Waals surface area contributed by atoms with Crippen molar-refractivity contribution in [2.45, 2.75) is 25.7 Å². The quantitative estimate of drug-likeness (QED) is 0.503. The Bertz CT molecular complexity index is 1390. The van der Waals surface area contributed by atoms with Crippen molar-refractivity contribution in [2.24, 2.45) is 0 Å². The number of nitrogens with zero attached hydrogens (tertiary/aromatic N) is 4. The maximum Gasteiger partial charge on any atom is 0.280 e. The maximum atomic E-state index is 14.2. The molecule has 0 atom stereocenters. The fourth-order valence-electron chi connectivity index (χ4n) is 3.44. The number of hydrogen-bond acceptors (Lipinski definition) is 5. The first kappa shape index (κ1) is 19.8. The lowest BCUT2D eigenvalue weighted by Gasteiger charge is -2.12. The van der Waals surface area contributed by atoms with E-state index in [0.29, 0.717) is 23.1 Å². The van der Waals surface area contributed by atoms with Gasteiger partial charge in [0.05, 0.1) is 0 Å². The first-order valence-electron chi connectivity index (χ1n) is 10.2. The van der Waals surface area contributed by atoms with Crippen molar-refractivity contribution < 1.29 is 9.18 Å². The molecule has 1 aliphatic rings. The third-order valence-electron chi connectivity index (χ3n) is 5.25. The molecule has 0 bridgehead atoms. The number of H-pyrrole nitrogens is 1. The zero-order chi connectivity index (χ0) is 22.2. The number of carbonyl (C=O) groups excluding carboxylic acids is 1. The predicted molar refractivity (Wildman–Crippen MR) is 116 cm³/mol. The molecule has 1 aliphatic carbocycles. The zero-order valence-corrected chi connectivity index (χ0v) is 17.2. The Morgan fingerprint density at radius 2 is 1.97 bits per heavy atom. The number of anilines is 1. The van der Waals surface area contributed by atoms with Gasteiger partial charge < -0.3 is 5.32 Å². The number of carbonyl (C=O) groups is 1. The van der Waals surface area contributed by atoms with Gasteiger partial charge in [0.1, 0.15) is 17.3 Å². The molecule has 160 valence electrons. The molecule has 0 radical (unpaired) electrons. The fourth-order valence-corrected chi connectivity index (χ4v) is 3.44. The molecule has 1 amide bonds. The second kappa shape index (κ2) is 7.84. The Hall–Kier alpha value is -4.14. The molecule has 2 heterocycles. The third-order valence-corrected chi connectivity index (χ3v) is 5.25. The van der Waals surface area contributed by atoms with Gasteiger partial charge in [-0.1, -0.05) is 24.3 Å². The van der Waals surface area contributed by atoms with E-state index in [1.54, 1.807) is 37.3 Å². The van der Waals surface area contributed by atoms with Crippen LogP contribution >= 0.6 is 0 Å². The van der Waals surface area contributed by atoms with E-state index in [4.69, 9.17) is 0 Å². The Morgan fingerprint density at radius 3 is 2.75 bits per heavy atom. The number of hydrogen-bond donors (Lipinski definition) is 2. The van der Waals surface area contributed by atoms with Gasteiger partial charge in [-0.15, -0.1) is 0 Å². The molecule has 0 saturated heterocycles. The molecule has 4 aromatic rings. The van der Waals surface area contributed by atoms with E-state index in [0.717, 1.165) is 24.2 Å². The monoisotopic (exact) mass is 430 g/mol. The minimum atomic E-state index is -0.689. The van der Waals surface area contributed by atoms with Crippen LogP contribution in [0.25, 0.3) is 17.1 Å². The van der Waals surface area contributed by atoms with Crippen LogP contribution in [0.3, 0.4) is 0 Å². The zero-order valence-electron chi connectivity index (χ0n) is 17.2. The number of aryl methyl sites for hydroxylation is 1. The minimum Gasteiger partial charge on any atom is -0.320 e. The number of aromatic nitrogens is 5. The second-order valence-corrected chi connectivity index (χ2v) is 7.72. The molecule has 0 spiro atoms. The summed E-state index contributed by atoms with van der Waals surface area (Å²) in [6, 6.07) is 14.3. The van der Waals surface area contributed by atoms with E-state index in [1.165, 1.54) is 22.9 Å². The van der Waals surface area contributed by atoms with Crippen molar-refractivity contribution >= 4 is 11.6 Å². The van der Waals surface area contributed by atoms with Gasteiger partial charge in [0.25, 0.3) is 5.91 Å². The van der Waals surface area contributed by atoms with E-state index in [9.17, 15) is 14.0 Å². The van der Waals surface area contributed by atoms with Gasteiger partial charge in [0, 0.05) is 28.9 Å². The number of rotatable bonds is 5. The Labute approximate surface area is 182 Å². The Balaban J connectivity index is 1.43. The van der Waals surface area contributed by atoms with Crippen LogP contribution in [-0.2, 0) is 0 Å². The normalized spacial score (nSPS) is 13.2. The van der Waals surface area contributed by atoms with E-state index in [-0.39, 0.29) is 11.4 Å². The lowest BCUT2D eigenvalue weighted by Crippen LogP contribution is -2.27. The molecule has 1 fully saturated rings. The summed E-state index contributed by atoms with van der Waals surface area (Å²) < 4.78 is 15.5. The van der Waals surface area contributed by atoms with Crippen LogP contribution in [0.1, 0.15) is 40.8 Å². The van der Waals surface area contributed by atoms with Crippen molar-refractivity contribution in [3.63, 3.8) is 0 Å². The van der Waals surface area contributed by atoms with E-state index in [1.807, 2.05) is 6.07 Å². The van der Waals surface area contributed by atoms with Crippen LogP contribution in [0, 0.1) is 12.7 Å². The fraction of sp³-hybridized carbons (Fsp3) is 0.174. The maximum absolute atomic E-state index is 14.2. The largest absolute Gasteiger partial charge is 0.320 e. The summed E-state index contributed by atoms with van der Waals surface area (Å²) in [5, 5.41) is 14.0. The highest BCUT2D eigenvalue weighted by Crippen LogP contribution is 2.38. The number of nitrogens with one attached hydrogen (secondary N) is 2. The number of amides is 1. The molecule has 0 unspecified atom stereocenters. The topological polar surface area (TPSA) is 106 Å². The molecule has 5 rings (SSSR count). The van der Waals surface area contributed by atoms with Crippen LogP contribution in [0.4, 0.5) is 10.1 Å². The van der Waals surface area contributed by atoms with Crippen molar-refractivity contribution in [3.05, 3.63) is 87.9 Å². The van der Waals surface area contributed by atoms with Crippen molar-refractivity contribution in [3.8, 4) is 17.1 Å². The van der Waals surface area contributed by atoms with Crippen LogP contribution in [0.2, 0.25) is 0 Å². The molecule has 0 aliphatic heterocycles. The third kappa shape index (κ3) is 3.80. The highest BCUT2D eigenvalue weighted by Gasteiger charge is 2.27. The standard InChI is InChI=1S/C23H19FN6O2/c1-13-11-19(31)20(29-30(13)18-8-3-2-7-17(18)24)23(32)25-16-6-4-5-15(12-16)22-26-21(27-28-22)14-9-10-14/h2-8,11-12,14H,9-10H2,1H3,(H,25,32)(H,26,27,28). The molecular formula is C23H19FN6O2. The molecule has 1 saturated carbocycles. The van der Waals surface area contributed by atoms with Crippen LogP contribution in [-0.4, -0.2) is 30.9 Å². The van der Waals surface area contributed by atoms with Crippen molar-refractivity contribution in [2.75, 3.05) is 5.32 Å². The SMILES string of the molecule is Cc1cc(=O)c(C(=O)Nc2cccc(-c3n[nH]c(C4CC4)n3)c2)nn1-c1ccccc1F. The van der Waals surface area contributed by atoms with Crippen LogP contribution in [0.15, 0.2) is 59.4 Å². The van der Waals surface area contributed by atoms with Gasteiger partial charge in [-0.2, -0.15) is 10.2 Å². The average molecular weight is 430 g/mol. The smallest absolute Gasteiger partial charge is 0.280 e. The number of aromatic amines is 1. The summed E-state index contributed by atoms with van der Waals surface area (Å²) in [5.74, 6) is 0.655. The van der Waals surface area contributed by atoms with Gasteiger partial charge >= 0.3 is 0 Å². The number of halogens is 1. The minimum absolute atomic E-state index is 0.150. The molecule has 8 nitrogen and oxygen atoms in total. The van der Waals surface area contributed by atoms with E-state index in [2.05, 4.69) is 25.6 Å². The first-order chi connectivity index (χ1) is 15.5. The summed E-state index contributed by atoms with van der Waals surface area (Å²) in [6.45, 7) is 1.62. The first-order valence-corrected chi connectivity index (χ1v) is 10.2. The summed E-state index contributed by atoms with van der Waals surface area (Å²) in [4.78, 5) is 29.8. The molecule has 32 heavy (non-hydrogen) atoms. The van der Waals surface area contributed by atoms with Gasteiger partial charge in [-0.05, 0) is 44.0 Å². The number of para-hydroxylation sites is 1. The summed E-state index contributed by atoms with van der Waals surface area (Å²) in [5.41, 5.74) is 0.868. The van der Waals surface area contributed by atoms with Crippen molar-refractivity contribution in [1.82, 2.24) is 25.0 Å². The second-order valence-electron chi connectivity index (χ2n) is 7.72.